The van der Waals surface area contributed by atoms with Crippen LogP contribution >= 0.6 is 0 Å². The molecule has 1 aromatic rings. The van der Waals surface area contributed by atoms with Gasteiger partial charge in [0.25, 0.3) is 0 Å². The molecular weight excluding hydrogens is 228 g/mol. The number of hydrogen-bond donors (Lipinski definition) is 3. The van der Waals surface area contributed by atoms with E-state index in [1.165, 1.54) is 0 Å². The summed E-state index contributed by atoms with van der Waals surface area (Å²) < 4.78 is 0. The molecule has 0 heterocycles. The lowest BCUT2D eigenvalue weighted by Crippen LogP contribution is -2.48. The van der Waals surface area contributed by atoms with Crippen LogP contribution in [0.15, 0.2) is 30.3 Å². The van der Waals surface area contributed by atoms with Crippen LogP contribution in [0, 0.1) is 5.92 Å². The topological polar surface area (TPSA) is 75.4 Å². The largest absolute Gasteiger partial charge is 0.394 e. The molecule has 0 fully saturated rings. The molecule has 0 aliphatic heterocycles. The molecule has 0 saturated heterocycles. The predicted molar refractivity (Wildman–Crippen MR) is 71.9 cm³/mol. The molecule has 0 spiro atoms. The van der Waals surface area contributed by atoms with Gasteiger partial charge in [-0.05, 0) is 25.5 Å². The monoisotopic (exact) mass is 250 g/mol. The van der Waals surface area contributed by atoms with E-state index in [2.05, 4.69) is 5.32 Å². The molecular formula is C14H22N2O2. The van der Waals surface area contributed by atoms with Crippen LogP contribution in [0.3, 0.4) is 0 Å². The van der Waals surface area contributed by atoms with E-state index in [-0.39, 0.29) is 18.4 Å². The van der Waals surface area contributed by atoms with Crippen molar-refractivity contribution in [2.45, 2.75) is 25.8 Å². The normalized spacial score (nSPS) is 15.8. The highest BCUT2D eigenvalue weighted by Gasteiger charge is 2.29. The van der Waals surface area contributed by atoms with E-state index >= 15 is 0 Å². The van der Waals surface area contributed by atoms with Gasteiger partial charge < -0.3 is 16.2 Å². The van der Waals surface area contributed by atoms with Gasteiger partial charge in [0, 0.05) is 5.92 Å². The lowest BCUT2D eigenvalue weighted by atomic mass is 9.92. The van der Waals surface area contributed by atoms with Gasteiger partial charge in [-0.25, -0.2) is 0 Å². The number of nitrogens with two attached hydrogens (primary N) is 1. The van der Waals surface area contributed by atoms with Gasteiger partial charge in [0.2, 0.25) is 5.91 Å². The van der Waals surface area contributed by atoms with Gasteiger partial charge in [0.05, 0.1) is 12.1 Å². The standard InChI is InChI=1S/C14H22N2O2/c1-11(8-9-15)13(18)16-14(2,10-17)12-6-4-3-5-7-12/h3-7,11,17H,8-10,15H2,1-2H3,(H,16,18). The van der Waals surface area contributed by atoms with Gasteiger partial charge in [-0.2, -0.15) is 0 Å². The number of rotatable bonds is 6. The Morgan fingerprint density at radius 2 is 2.06 bits per heavy atom. The Kier molecular flexibility index (Phi) is 5.31. The fourth-order valence-electron chi connectivity index (χ4n) is 1.79. The molecule has 2 atom stereocenters. The molecule has 0 aliphatic carbocycles. The third-order valence-corrected chi connectivity index (χ3v) is 3.17. The average Bonchev–Trinajstić information content (AvgIpc) is 2.39. The Morgan fingerprint density at radius 3 is 2.56 bits per heavy atom. The van der Waals surface area contributed by atoms with Crippen LogP contribution in [-0.4, -0.2) is 24.2 Å². The summed E-state index contributed by atoms with van der Waals surface area (Å²) in [6.07, 6.45) is 0.641. The van der Waals surface area contributed by atoms with Gasteiger partial charge in [-0.15, -0.1) is 0 Å². The van der Waals surface area contributed by atoms with Crippen LogP contribution < -0.4 is 11.1 Å². The fraction of sp³-hybridized carbons (Fsp3) is 0.500. The Bertz CT molecular complexity index is 381. The van der Waals surface area contributed by atoms with E-state index in [4.69, 9.17) is 5.73 Å². The fourth-order valence-corrected chi connectivity index (χ4v) is 1.79. The zero-order chi connectivity index (χ0) is 13.6. The van der Waals surface area contributed by atoms with E-state index in [1.54, 1.807) is 0 Å². The molecule has 1 amide bonds. The highest BCUT2D eigenvalue weighted by molar-refractivity contribution is 5.79. The lowest BCUT2D eigenvalue weighted by molar-refractivity contribution is -0.127. The van der Waals surface area contributed by atoms with E-state index in [9.17, 15) is 9.90 Å². The molecule has 4 heteroatoms. The Morgan fingerprint density at radius 1 is 1.44 bits per heavy atom. The Balaban J connectivity index is 2.81. The summed E-state index contributed by atoms with van der Waals surface area (Å²) >= 11 is 0. The van der Waals surface area contributed by atoms with E-state index in [0.717, 1.165) is 5.56 Å². The summed E-state index contributed by atoms with van der Waals surface area (Å²) in [5.74, 6) is -0.231. The van der Waals surface area contributed by atoms with Crippen molar-refractivity contribution >= 4 is 5.91 Å². The number of benzene rings is 1. The van der Waals surface area contributed by atoms with Gasteiger partial charge in [-0.1, -0.05) is 37.3 Å². The first-order valence-corrected chi connectivity index (χ1v) is 6.22. The van der Waals surface area contributed by atoms with Crippen LogP contribution in [0.1, 0.15) is 25.8 Å². The molecule has 0 aromatic heterocycles. The van der Waals surface area contributed by atoms with Crippen molar-refractivity contribution in [2.24, 2.45) is 11.7 Å². The van der Waals surface area contributed by atoms with Gasteiger partial charge in [-0.3, -0.25) is 4.79 Å². The van der Waals surface area contributed by atoms with Crippen molar-refractivity contribution in [2.75, 3.05) is 13.2 Å². The highest BCUT2D eigenvalue weighted by atomic mass is 16.3. The molecule has 1 aromatic carbocycles. The first-order valence-electron chi connectivity index (χ1n) is 6.22. The SMILES string of the molecule is CC(CCN)C(=O)NC(C)(CO)c1ccccc1. The van der Waals surface area contributed by atoms with Crippen molar-refractivity contribution in [3.63, 3.8) is 0 Å². The van der Waals surface area contributed by atoms with Crippen molar-refractivity contribution < 1.29 is 9.90 Å². The van der Waals surface area contributed by atoms with Gasteiger partial charge in [0.1, 0.15) is 0 Å². The van der Waals surface area contributed by atoms with Crippen LogP contribution in [0.4, 0.5) is 0 Å². The molecule has 0 saturated carbocycles. The molecule has 0 aliphatic rings. The number of nitrogens with one attached hydrogen (secondary N) is 1. The van der Waals surface area contributed by atoms with Crippen LogP contribution in [0.25, 0.3) is 0 Å². The minimum atomic E-state index is -0.749. The smallest absolute Gasteiger partial charge is 0.223 e. The third-order valence-electron chi connectivity index (χ3n) is 3.17. The van der Waals surface area contributed by atoms with Gasteiger partial charge >= 0.3 is 0 Å². The van der Waals surface area contributed by atoms with E-state index in [1.807, 2.05) is 44.2 Å². The molecule has 100 valence electrons. The van der Waals surface area contributed by atoms with Gasteiger partial charge in [0.15, 0.2) is 0 Å². The summed E-state index contributed by atoms with van der Waals surface area (Å²) in [4.78, 5) is 12.0. The molecule has 4 nitrogen and oxygen atoms in total. The lowest BCUT2D eigenvalue weighted by Gasteiger charge is -2.30. The quantitative estimate of drug-likeness (QED) is 0.705. The number of carbonyl (C=O) groups excluding carboxylic acids is 1. The number of amides is 1. The first kappa shape index (κ1) is 14.7. The van der Waals surface area contributed by atoms with Crippen molar-refractivity contribution in [1.82, 2.24) is 5.32 Å². The summed E-state index contributed by atoms with van der Waals surface area (Å²) in [5, 5.41) is 12.5. The van der Waals surface area contributed by atoms with E-state index in [0.29, 0.717) is 13.0 Å². The van der Waals surface area contributed by atoms with Crippen molar-refractivity contribution in [3.8, 4) is 0 Å². The maximum absolute atomic E-state index is 12.0. The molecule has 0 bridgehead atoms. The molecule has 2 unspecified atom stereocenters. The second kappa shape index (κ2) is 6.52. The maximum Gasteiger partial charge on any atom is 0.223 e. The number of aliphatic hydroxyl groups excluding tert-OH is 1. The number of carbonyl (C=O) groups is 1. The summed E-state index contributed by atoms with van der Waals surface area (Å²) in [6, 6.07) is 9.46. The van der Waals surface area contributed by atoms with Crippen LogP contribution in [-0.2, 0) is 10.3 Å². The molecule has 1 rings (SSSR count). The molecule has 4 N–H and O–H groups in total. The summed E-state index contributed by atoms with van der Waals surface area (Å²) in [5.41, 5.74) is 5.59. The average molecular weight is 250 g/mol. The summed E-state index contributed by atoms with van der Waals surface area (Å²) in [7, 11) is 0. The zero-order valence-electron chi connectivity index (χ0n) is 11.0. The third kappa shape index (κ3) is 3.55. The minimum Gasteiger partial charge on any atom is -0.394 e. The highest BCUT2D eigenvalue weighted by Crippen LogP contribution is 2.20. The predicted octanol–water partition coefficient (Wildman–Crippen LogP) is 0.995. The maximum atomic E-state index is 12.0. The second-order valence-corrected chi connectivity index (χ2v) is 4.82. The Labute approximate surface area is 108 Å². The van der Waals surface area contributed by atoms with Crippen molar-refractivity contribution in [1.29, 1.82) is 0 Å². The zero-order valence-corrected chi connectivity index (χ0v) is 11.0. The molecule has 18 heavy (non-hydrogen) atoms. The van der Waals surface area contributed by atoms with Crippen LogP contribution in [0.2, 0.25) is 0 Å². The van der Waals surface area contributed by atoms with E-state index < -0.39 is 5.54 Å². The number of aliphatic hydroxyl groups is 1. The summed E-state index contributed by atoms with van der Waals surface area (Å²) in [6.45, 7) is 3.99. The second-order valence-electron chi connectivity index (χ2n) is 4.82. The first-order chi connectivity index (χ1) is 8.53. The number of hydrogen-bond acceptors (Lipinski definition) is 3. The minimum absolute atomic E-state index is 0.0825. The van der Waals surface area contributed by atoms with Crippen molar-refractivity contribution in [3.05, 3.63) is 35.9 Å². The van der Waals surface area contributed by atoms with Crippen LogP contribution in [0.5, 0.6) is 0 Å². The molecule has 0 radical (unpaired) electrons. The Hall–Kier alpha value is -1.39.